The average Bonchev–Trinajstić information content (AvgIpc) is 3.45. The number of carbonyl (C=O) groups is 1. The smallest absolute Gasteiger partial charge is 0.329 e. The Morgan fingerprint density at radius 3 is 2.80 bits per heavy atom. The van der Waals surface area contributed by atoms with Gasteiger partial charge in [-0.1, -0.05) is 12.1 Å². The van der Waals surface area contributed by atoms with Gasteiger partial charge in [0.05, 0.1) is 30.4 Å². The summed E-state index contributed by atoms with van der Waals surface area (Å²) >= 11 is 0. The number of halogens is 1. The number of benzene rings is 1. The molecule has 35 heavy (non-hydrogen) atoms. The predicted molar refractivity (Wildman–Crippen MR) is 129 cm³/mol. The third-order valence-corrected chi connectivity index (χ3v) is 9.74. The number of hydrazine groups is 1. The lowest BCUT2D eigenvalue weighted by Gasteiger charge is -2.61. The van der Waals surface area contributed by atoms with Crippen LogP contribution in [0.3, 0.4) is 0 Å². The van der Waals surface area contributed by atoms with Crippen molar-refractivity contribution in [2.24, 2.45) is 29.1 Å². The maximum Gasteiger partial charge on any atom is 0.329 e. The van der Waals surface area contributed by atoms with E-state index in [2.05, 4.69) is 21.2 Å². The molecule has 7 nitrogen and oxygen atoms in total. The van der Waals surface area contributed by atoms with E-state index in [1.807, 2.05) is 10.6 Å². The van der Waals surface area contributed by atoms with Gasteiger partial charge in [0.25, 0.3) is 0 Å². The number of rotatable bonds is 7. The number of nitrogens with one attached hydrogen (secondary N) is 3. The van der Waals surface area contributed by atoms with Crippen LogP contribution in [0.4, 0.5) is 9.18 Å². The van der Waals surface area contributed by atoms with E-state index in [-0.39, 0.29) is 29.3 Å². The van der Waals surface area contributed by atoms with Gasteiger partial charge in [0.1, 0.15) is 5.82 Å². The number of fused-ring (bicyclic) bond motifs is 3. The summed E-state index contributed by atoms with van der Waals surface area (Å²) in [7, 11) is 0. The Labute approximate surface area is 204 Å². The lowest BCUT2D eigenvalue weighted by atomic mass is 9.46. The van der Waals surface area contributed by atoms with Crippen LogP contribution in [0.25, 0.3) is 11.3 Å². The van der Waals surface area contributed by atoms with Gasteiger partial charge in [0.2, 0.25) is 0 Å². The largest absolute Gasteiger partial charge is 0.392 e. The number of aromatic nitrogens is 2. The van der Waals surface area contributed by atoms with Gasteiger partial charge >= 0.3 is 6.03 Å². The number of aliphatic hydroxyl groups is 1. The first-order valence-corrected chi connectivity index (χ1v) is 13.3. The summed E-state index contributed by atoms with van der Waals surface area (Å²) in [6, 6.07) is 5.11. The highest BCUT2D eigenvalue weighted by atomic mass is 19.1. The van der Waals surface area contributed by atoms with E-state index in [1.54, 1.807) is 18.6 Å². The first kappa shape index (κ1) is 21.8. The molecule has 2 heterocycles. The number of nitrogens with zero attached hydrogens (tertiary/aromatic N) is 2. The maximum absolute atomic E-state index is 14.9. The first-order valence-electron chi connectivity index (χ1n) is 13.3. The monoisotopic (exact) mass is 479 g/mol. The zero-order valence-electron chi connectivity index (χ0n) is 19.9. The fraction of sp³-hybridized carbons (Fsp3) is 0.630. The van der Waals surface area contributed by atoms with Crippen molar-refractivity contribution in [3.05, 3.63) is 42.1 Å². The third-order valence-electron chi connectivity index (χ3n) is 9.74. The van der Waals surface area contributed by atoms with Crippen LogP contribution in [0.2, 0.25) is 0 Å². The normalized spacial score (nSPS) is 35.0. The third kappa shape index (κ3) is 3.59. The van der Waals surface area contributed by atoms with Crippen molar-refractivity contribution in [3.63, 3.8) is 0 Å². The molecule has 5 saturated carbocycles. The van der Waals surface area contributed by atoms with Crippen molar-refractivity contribution < 1.29 is 14.3 Å². The first-order chi connectivity index (χ1) is 17.0. The van der Waals surface area contributed by atoms with Crippen LogP contribution >= 0.6 is 0 Å². The second-order valence-corrected chi connectivity index (χ2v) is 11.9. The molecule has 4 atom stereocenters. The Kier molecular flexibility index (Phi) is 5.00. The van der Waals surface area contributed by atoms with Crippen molar-refractivity contribution >= 4 is 6.03 Å². The van der Waals surface area contributed by atoms with Crippen molar-refractivity contribution in [2.75, 3.05) is 6.54 Å². The molecule has 4 unspecified atom stereocenters. The lowest BCUT2D eigenvalue weighted by molar-refractivity contribution is -0.139. The Morgan fingerprint density at radius 2 is 2.03 bits per heavy atom. The summed E-state index contributed by atoms with van der Waals surface area (Å²) < 4.78 is 17.0. The Hall–Kier alpha value is -2.45. The van der Waals surface area contributed by atoms with Crippen LogP contribution in [-0.2, 0) is 0 Å². The molecule has 4 bridgehead atoms. The van der Waals surface area contributed by atoms with Crippen LogP contribution < -0.4 is 16.2 Å². The highest BCUT2D eigenvalue weighted by Crippen LogP contribution is 2.62. The highest BCUT2D eigenvalue weighted by Gasteiger charge is 2.58. The molecule has 2 aromatic rings. The van der Waals surface area contributed by atoms with Crippen LogP contribution in [-0.4, -0.2) is 39.4 Å². The minimum atomic E-state index is -0.503. The van der Waals surface area contributed by atoms with E-state index in [4.69, 9.17) is 0 Å². The van der Waals surface area contributed by atoms with Crippen molar-refractivity contribution in [3.8, 4) is 11.3 Å². The zero-order chi connectivity index (χ0) is 23.7. The molecular weight excluding hydrogens is 445 g/mol. The van der Waals surface area contributed by atoms with E-state index in [0.29, 0.717) is 35.7 Å². The van der Waals surface area contributed by atoms with Gasteiger partial charge in [-0.3, -0.25) is 5.43 Å². The molecule has 8 heteroatoms. The van der Waals surface area contributed by atoms with Crippen LogP contribution in [0, 0.1) is 34.9 Å². The van der Waals surface area contributed by atoms with Crippen LogP contribution in [0.1, 0.15) is 63.0 Å². The van der Waals surface area contributed by atoms with E-state index < -0.39 is 6.10 Å². The number of hydrogen-bond donors (Lipinski definition) is 4. The minimum Gasteiger partial charge on any atom is -0.392 e. The van der Waals surface area contributed by atoms with Crippen molar-refractivity contribution in [2.45, 2.75) is 69.6 Å². The topological polar surface area (TPSA) is 91.2 Å². The molecule has 4 N–H and O–H groups in total. The molecule has 6 aliphatic rings. The van der Waals surface area contributed by atoms with Gasteiger partial charge in [0.15, 0.2) is 0 Å². The summed E-state index contributed by atoms with van der Waals surface area (Å²) in [6.07, 6.45) is 11.3. The molecule has 2 amide bonds. The van der Waals surface area contributed by atoms with Gasteiger partial charge in [-0.2, -0.15) is 0 Å². The second kappa shape index (κ2) is 8.03. The van der Waals surface area contributed by atoms with Gasteiger partial charge < -0.3 is 15.0 Å². The summed E-state index contributed by atoms with van der Waals surface area (Å²) in [6.45, 7) is 0.756. The van der Waals surface area contributed by atoms with Gasteiger partial charge in [-0.25, -0.2) is 19.6 Å². The molecule has 1 aromatic heterocycles. The van der Waals surface area contributed by atoms with Crippen LogP contribution in [0.15, 0.2) is 30.7 Å². The molecule has 1 aliphatic heterocycles. The second-order valence-electron chi connectivity index (χ2n) is 11.9. The zero-order valence-corrected chi connectivity index (χ0v) is 19.9. The van der Waals surface area contributed by atoms with E-state index in [0.717, 1.165) is 49.9 Å². The summed E-state index contributed by atoms with van der Waals surface area (Å²) in [5.41, 5.74) is 8.65. The summed E-state index contributed by atoms with van der Waals surface area (Å²) in [4.78, 5) is 16.5. The quantitative estimate of drug-likeness (QED) is 0.455. The molecular formula is C27H34FN5O2. The maximum atomic E-state index is 14.9. The predicted octanol–water partition coefficient (Wildman–Crippen LogP) is 3.75. The number of aliphatic hydroxyl groups excluding tert-OH is 1. The number of hydrogen-bond acceptors (Lipinski definition) is 4. The molecule has 8 rings (SSSR count). The van der Waals surface area contributed by atoms with E-state index >= 15 is 0 Å². The molecule has 0 saturated heterocycles. The standard InChI is InChI=1S/C27H34FN5O2/c28-20-3-1-2-19-22-13-29-14-33(22)21(24(19)20)8-23(34)27-9-16-6-17(10-27)25(18(7-16)11-27)31-32-26(35)30-12-15-4-5-15/h1-3,13-18,21,23,25,31,34H,4-12H2,(H2,30,32,35). The fourth-order valence-corrected chi connectivity index (χ4v) is 8.18. The van der Waals surface area contributed by atoms with Crippen LogP contribution in [0.5, 0.6) is 0 Å². The number of imidazole rings is 1. The lowest BCUT2D eigenvalue weighted by Crippen LogP contribution is -2.64. The van der Waals surface area contributed by atoms with Gasteiger partial charge in [-0.05, 0) is 86.5 Å². The van der Waals surface area contributed by atoms with E-state index in [9.17, 15) is 14.3 Å². The Bertz CT molecular complexity index is 1130. The SMILES string of the molecule is O=C(NCC1CC1)NNC1C2CC3CC1CC(C(O)CC1c4c(F)cccc4-c4cncn41)(C3)C2. The highest BCUT2D eigenvalue weighted by molar-refractivity contribution is 5.73. The van der Waals surface area contributed by atoms with Crippen molar-refractivity contribution in [1.82, 2.24) is 25.7 Å². The molecule has 5 fully saturated rings. The van der Waals surface area contributed by atoms with Crippen molar-refractivity contribution in [1.29, 1.82) is 0 Å². The molecule has 186 valence electrons. The molecule has 0 spiro atoms. The fourth-order valence-electron chi connectivity index (χ4n) is 8.18. The number of carbonyl (C=O) groups excluding carboxylic acids is 1. The minimum absolute atomic E-state index is 0.127. The molecule has 1 aromatic carbocycles. The van der Waals surface area contributed by atoms with E-state index in [1.165, 1.54) is 18.9 Å². The summed E-state index contributed by atoms with van der Waals surface area (Å²) in [5.74, 6) is 1.96. The average molecular weight is 480 g/mol. The molecule has 5 aliphatic carbocycles. The van der Waals surface area contributed by atoms with Gasteiger partial charge in [0, 0.05) is 23.7 Å². The number of amides is 2. The summed E-state index contributed by atoms with van der Waals surface area (Å²) in [5, 5.41) is 14.7. The van der Waals surface area contributed by atoms with Gasteiger partial charge in [-0.15, -0.1) is 0 Å². The molecule has 0 radical (unpaired) electrons. The Morgan fingerprint density at radius 1 is 1.23 bits per heavy atom. The Balaban J connectivity index is 1.06. The number of urea groups is 1.